The Balaban J connectivity index is 1.61. The Morgan fingerprint density at radius 2 is 1.91 bits per heavy atom. The molecule has 3 rings (SSSR count). The van der Waals surface area contributed by atoms with E-state index in [0.717, 1.165) is 24.6 Å². The van der Waals surface area contributed by atoms with Gasteiger partial charge in [-0.1, -0.05) is 6.92 Å². The van der Waals surface area contributed by atoms with Crippen LogP contribution in [-0.4, -0.2) is 42.0 Å². The summed E-state index contributed by atoms with van der Waals surface area (Å²) >= 11 is 1.72. The third-order valence-corrected chi connectivity index (χ3v) is 5.02. The molecule has 0 saturated carbocycles. The molecule has 22 heavy (non-hydrogen) atoms. The molecule has 1 aliphatic heterocycles. The maximum atomic E-state index is 12.9. The van der Waals surface area contributed by atoms with E-state index in [1.165, 1.54) is 17.0 Å². The van der Waals surface area contributed by atoms with Crippen LogP contribution in [0.25, 0.3) is 0 Å². The summed E-state index contributed by atoms with van der Waals surface area (Å²) < 4.78 is 12.9. The molecule has 1 fully saturated rings. The summed E-state index contributed by atoms with van der Waals surface area (Å²) in [5, 5.41) is 1.03. The minimum atomic E-state index is -0.322. The molecule has 0 N–H and O–H groups in total. The van der Waals surface area contributed by atoms with Crippen LogP contribution in [-0.2, 0) is 6.42 Å². The minimum absolute atomic E-state index is 0.0342. The van der Waals surface area contributed by atoms with Crippen LogP contribution in [0.15, 0.2) is 30.5 Å². The topological polar surface area (TPSA) is 36.4 Å². The summed E-state index contributed by atoms with van der Waals surface area (Å²) in [6.07, 6.45) is 2.93. The highest BCUT2D eigenvalue weighted by Gasteiger charge is 2.23. The van der Waals surface area contributed by atoms with Crippen LogP contribution in [0, 0.1) is 5.82 Å². The van der Waals surface area contributed by atoms with Gasteiger partial charge in [-0.05, 0) is 30.7 Å². The summed E-state index contributed by atoms with van der Waals surface area (Å²) in [4.78, 5) is 22.1. The van der Waals surface area contributed by atoms with Crippen LogP contribution in [0.2, 0.25) is 0 Å². The van der Waals surface area contributed by atoms with Crippen molar-refractivity contribution in [2.24, 2.45) is 0 Å². The van der Waals surface area contributed by atoms with Crippen molar-refractivity contribution >= 4 is 22.4 Å². The third kappa shape index (κ3) is 3.11. The first-order valence-corrected chi connectivity index (χ1v) is 8.23. The second-order valence-corrected chi connectivity index (χ2v) is 6.34. The largest absolute Gasteiger partial charge is 0.345 e. The van der Waals surface area contributed by atoms with E-state index in [4.69, 9.17) is 0 Å². The molecule has 1 amide bonds. The molecule has 116 valence electrons. The predicted molar refractivity (Wildman–Crippen MR) is 86.0 cm³/mol. The van der Waals surface area contributed by atoms with Gasteiger partial charge in [0, 0.05) is 42.8 Å². The van der Waals surface area contributed by atoms with E-state index in [-0.39, 0.29) is 11.7 Å². The molecule has 0 bridgehead atoms. The summed E-state index contributed by atoms with van der Waals surface area (Å²) in [5.41, 5.74) is 0.539. The Bertz CT molecular complexity index is 648. The Labute approximate surface area is 133 Å². The third-order valence-electron chi connectivity index (χ3n) is 3.82. The van der Waals surface area contributed by atoms with Crippen LogP contribution in [0.4, 0.5) is 9.52 Å². The smallest absolute Gasteiger partial charge is 0.253 e. The van der Waals surface area contributed by atoms with E-state index in [1.807, 2.05) is 11.1 Å². The minimum Gasteiger partial charge on any atom is -0.345 e. The molecule has 1 aromatic carbocycles. The van der Waals surface area contributed by atoms with E-state index in [0.29, 0.717) is 18.7 Å². The van der Waals surface area contributed by atoms with Crippen molar-refractivity contribution in [1.29, 1.82) is 0 Å². The van der Waals surface area contributed by atoms with E-state index >= 15 is 0 Å². The highest BCUT2D eigenvalue weighted by atomic mass is 32.1. The van der Waals surface area contributed by atoms with Gasteiger partial charge in [-0.15, -0.1) is 11.3 Å². The first-order chi connectivity index (χ1) is 10.7. The normalized spacial score (nSPS) is 15.2. The highest BCUT2D eigenvalue weighted by molar-refractivity contribution is 7.15. The van der Waals surface area contributed by atoms with Gasteiger partial charge in [0.25, 0.3) is 5.91 Å². The molecule has 0 atom stereocenters. The lowest BCUT2D eigenvalue weighted by atomic mass is 10.2. The highest BCUT2D eigenvalue weighted by Crippen LogP contribution is 2.24. The lowest BCUT2D eigenvalue weighted by molar-refractivity contribution is 0.0746. The quantitative estimate of drug-likeness (QED) is 0.873. The van der Waals surface area contributed by atoms with Crippen molar-refractivity contribution in [3.8, 4) is 0 Å². The zero-order valence-electron chi connectivity index (χ0n) is 12.5. The molecular weight excluding hydrogens is 301 g/mol. The fourth-order valence-corrected chi connectivity index (χ4v) is 3.38. The number of carbonyl (C=O) groups is 1. The number of piperazine rings is 1. The van der Waals surface area contributed by atoms with Crippen LogP contribution >= 0.6 is 11.3 Å². The number of hydrogen-bond acceptors (Lipinski definition) is 4. The first-order valence-electron chi connectivity index (χ1n) is 7.42. The Kier molecular flexibility index (Phi) is 4.38. The molecule has 0 aliphatic carbocycles. The second kappa shape index (κ2) is 6.44. The fourth-order valence-electron chi connectivity index (χ4n) is 2.48. The van der Waals surface area contributed by atoms with E-state index in [9.17, 15) is 9.18 Å². The SMILES string of the molecule is CCc1cnc(N2CCN(C(=O)c3ccc(F)cc3)CC2)s1. The Morgan fingerprint density at radius 3 is 2.50 bits per heavy atom. The number of anilines is 1. The van der Waals surface area contributed by atoms with Crippen molar-refractivity contribution in [3.05, 3.63) is 46.7 Å². The number of amides is 1. The summed E-state index contributed by atoms with van der Waals surface area (Å²) in [7, 11) is 0. The van der Waals surface area contributed by atoms with Gasteiger partial charge in [0.2, 0.25) is 0 Å². The van der Waals surface area contributed by atoms with Crippen molar-refractivity contribution in [1.82, 2.24) is 9.88 Å². The van der Waals surface area contributed by atoms with Gasteiger partial charge in [0.05, 0.1) is 0 Å². The number of hydrogen-bond donors (Lipinski definition) is 0. The van der Waals surface area contributed by atoms with Gasteiger partial charge >= 0.3 is 0 Å². The molecule has 1 aromatic heterocycles. The van der Waals surface area contributed by atoms with Crippen LogP contribution in [0.3, 0.4) is 0 Å². The predicted octanol–water partition coefficient (Wildman–Crippen LogP) is 2.81. The number of aryl methyl sites for hydroxylation is 1. The standard InChI is InChI=1S/C16H18FN3OS/c1-2-14-11-18-16(22-14)20-9-7-19(8-10-20)15(21)12-3-5-13(17)6-4-12/h3-6,11H,2,7-10H2,1H3. The van der Waals surface area contributed by atoms with Gasteiger partial charge in [-0.3, -0.25) is 4.79 Å². The molecule has 0 spiro atoms. The average molecular weight is 319 g/mol. The van der Waals surface area contributed by atoms with Crippen molar-refractivity contribution < 1.29 is 9.18 Å². The van der Waals surface area contributed by atoms with Crippen LogP contribution in [0.1, 0.15) is 22.2 Å². The molecule has 1 aliphatic rings. The van der Waals surface area contributed by atoms with Gasteiger partial charge in [0.1, 0.15) is 5.82 Å². The lowest BCUT2D eigenvalue weighted by Gasteiger charge is -2.34. The van der Waals surface area contributed by atoms with Crippen molar-refractivity contribution in [3.63, 3.8) is 0 Å². The Morgan fingerprint density at radius 1 is 1.23 bits per heavy atom. The molecular formula is C16H18FN3OS. The first kappa shape index (κ1) is 15.0. The lowest BCUT2D eigenvalue weighted by Crippen LogP contribution is -2.48. The number of aromatic nitrogens is 1. The monoisotopic (exact) mass is 319 g/mol. The Hall–Kier alpha value is -1.95. The molecule has 4 nitrogen and oxygen atoms in total. The van der Waals surface area contributed by atoms with Crippen molar-refractivity contribution in [2.75, 3.05) is 31.1 Å². The van der Waals surface area contributed by atoms with E-state index in [1.54, 1.807) is 23.5 Å². The molecule has 6 heteroatoms. The molecule has 2 aromatic rings. The summed E-state index contributed by atoms with van der Waals surface area (Å²) in [6.45, 7) is 5.01. The van der Waals surface area contributed by atoms with Crippen LogP contribution < -0.4 is 4.90 Å². The zero-order valence-corrected chi connectivity index (χ0v) is 13.3. The number of carbonyl (C=O) groups excluding carboxylic acids is 1. The van der Waals surface area contributed by atoms with E-state index in [2.05, 4.69) is 16.8 Å². The molecule has 1 saturated heterocycles. The number of halogens is 1. The number of rotatable bonds is 3. The van der Waals surface area contributed by atoms with Gasteiger partial charge < -0.3 is 9.80 Å². The maximum absolute atomic E-state index is 12.9. The molecule has 0 unspecified atom stereocenters. The fraction of sp³-hybridized carbons (Fsp3) is 0.375. The zero-order chi connectivity index (χ0) is 15.5. The van der Waals surface area contributed by atoms with Gasteiger partial charge in [0.15, 0.2) is 5.13 Å². The average Bonchev–Trinajstić information content (AvgIpc) is 3.04. The number of thiazole rings is 1. The number of nitrogens with zero attached hydrogens (tertiary/aromatic N) is 3. The van der Waals surface area contributed by atoms with E-state index < -0.39 is 0 Å². The second-order valence-electron chi connectivity index (χ2n) is 5.25. The van der Waals surface area contributed by atoms with Crippen molar-refractivity contribution in [2.45, 2.75) is 13.3 Å². The van der Waals surface area contributed by atoms with Crippen LogP contribution in [0.5, 0.6) is 0 Å². The molecule has 2 heterocycles. The van der Waals surface area contributed by atoms with Gasteiger partial charge in [-0.2, -0.15) is 0 Å². The molecule has 0 radical (unpaired) electrons. The van der Waals surface area contributed by atoms with Gasteiger partial charge in [-0.25, -0.2) is 9.37 Å². The maximum Gasteiger partial charge on any atom is 0.253 e. The summed E-state index contributed by atoms with van der Waals surface area (Å²) in [6, 6.07) is 5.73. The number of benzene rings is 1. The summed E-state index contributed by atoms with van der Waals surface area (Å²) in [5.74, 6) is -0.357.